The van der Waals surface area contributed by atoms with Crippen LogP contribution >= 0.6 is 12.4 Å². The van der Waals surface area contributed by atoms with E-state index in [0.717, 1.165) is 13.1 Å². The highest BCUT2D eigenvalue weighted by atomic mass is 35.5. The Morgan fingerprint density at radius 2 is 2.29 bits per heavy atom. The van der Waals surface area contributed by atoms with Gasteiger partial charge in [0.1, 0.15) is 0 Å². The van der Waals surface area contributed by atoms with Crippen LogP contribution in [0.25, 0.3) is 0 Å². The van der Waals surface area contributed by atoms with Crippen LogP contribution in [0.1, 0.15) is 31.9 Å². The Hall–Kier alpha value is -0.580. The fourth-order valence-electron chi connectivity index (χ4n) is 2.57. The monoisotopic (exact) mass is 258 g/mol. The van der Waals surface area contributed by atoms with E-state index in [2.05, 4.69) is 23.0 Å². The Bertz CT molecular complexity index is 337. The first-order valence-electron chi connectivity index (χ1n) is 6.15. The molecule has 0 amide bonds. The Labute approximate surface area is 110 Å². The molecular formula is C12H23ClN4. The number of aryl methyl sites for hydroxylation is 1. The molecule has 17 heavy (non-hydrogen) atoms. The van der Waals surface area contributed by atoms with Gasteiger partial charge in [-0.3, -0.25) is 9.58 Å². The molecule has 1 aromatic rings. The molecule has 5 heteroatoms. The van der Waals surface area contributed by atoms with Crippen molar-refractivity contribution in [2.24, 2.45) is 12.8 Å². The van der Waals surface area contributed by atoms with Gasteiger partial charge < -0.3 is 5.73 Å². The molecule has 2 atom stereocenters. The quantitative estimate of drug-likeness (QED) is 0.895. The number of hydrogen-bond donors (Lipinski definition) is 1. The second-order valence-electron chi connectivity index (χ2n) is 4.84. The van der Waals surface area contributed by atoms with Crippen LogP contribution in [0.3, 0.4) is 0 Å². The number of rotatable bonds is 3. The van der Waals surface area contributed by atoms with Crippen LogP contribution in [-0.4, -0.2) is 33.3 Å². The number of nitrogens with zero attached hydrogens (tertiary/aromatic N) is 3. The Morgan fingerprint density at radius 1 is 1.53 bits per heavy atom. The first-order chi connectivity index (χ1) is 7.68. The first-order valence-corrected chi connectivity index (χ1v) is 6.15. The third kappa shape index (κ3) is 3.44. The zero-order valence-electron chi connectivity index (χ0n) is 10.7. The maximum Gasteiger partial charge on any atom is 0.0521 e. The van der Waals surface area contributed by atoms with Gasteiger partial charge in [-0.15, -0.1) is 12.4 Å². The summed E-state index contributed by atoms with van der Waals surface area (Å²) in [7, 11) is 2.00. The third-order valence-corrected chi connectivity index (χ3v) is 3.56. The molecule has 2 rings (SSSR count). The van der Waals surface area contributed by atoms with Gasteiger partial charge in [-0.05, 0) is 32.4 Å². The largest absolute Gasteiger partial charge is 0.327 e. The fraction of sp³-hybridized carbons (Fsp3) is 0.750. The zero-order chi connectivity index (χ0) is 11.5. The molecule has 0 saturated carbocycles. The van der Waals surface area contributed by atoms with Crippen molar-refractivity contribution >= 4 is 12.4 Å². The van der Waals surface area contributed by atoms with E-state index in [1.165, 1.54) is 25.0 Å². The Balaban J connectivity index is 0.00000144. The molecule has 4 nitrogen and oxygen atoms in total. The molecule has 1 aromatic heterocycles. The molecule has 1 aliphatic heterocycles. The molecule has 98 valence electrons. The molecule has 1 fully saturated rings. The Kier molecular flexibility index (Phi) is 5.43. The lowest BCUT2D eigenvalue weighted by atomic mass is 9.97. The average molecular weight is 259 g/mol. The van der Waals surface area contributed by atoms with Gasteiger partial charge in [-0.2, -0.15) is 5.10 Å². The minimum absolute atomic E-state index is 0. The van der Waals surface area contributed by atoms with Gasteiger partial charge >= 0.3 is 0 Å². The Morgan fingerprint density at radius 3 is 2.88 bits per heavy atom. The van der Waals surface area contributed by atoms with E-state index in [9.17, 15) is 0 Å². The highest BCUT2D eigenvalue weighted by molar-refractivity contribution is 5.85. The van der Waals surface area contributed by atoms with Crippen LogP contribution in [0.15, 0.2) is 12.3 Å². The van der Waals surface area contributed by atoms with Crippen molar-refractivity contribution in [3.05, 3.63) is 18.0 Å². The molecule has 0 aromatic carbocycles. The van der Waals surface area contributed by atoms with Gasteiger partial charge in [-0.1, -0.05) is 6.42 Å². The lowest BCUT2D eigenvalue weighted by Crippen LogP contribution is -2.48. The van der Waals surface area contributed by atoms with Gasteiger partial charge in [0.2, 0.25) is 0 Å². The van der Waals surface area contributed by atoms with Gasteiger partial charge in [0.25, 0.3) is 0 Å². The highest BCUT2D eigenvalue weighted by Gasteiger charge is 2.25. The maximum absolute atomic E-state index is 6.06. The van der Waals surface area contributed by atoms with Gasteiger partial charge in [0.05, 0.1) is 5.69 Å². The van der Waals surface area contributed by atoms with E-state index in [0.29, 0.717) is 6.04 Å². The fourth-order valence-corrected chi connectivity index (χ4v) is 2.57. The summed E-state index contributed by atoms with van der Waals surface area (Å²) in [5, 5.41) is 4.21. The first kappa shape index (κ1) is 14.5. The summed E-state index contributed by atoms with van der Waals surface area (Å²) in [6.45, 7) is 4.26. The summed E-state index contributed by atoms with van der Waals surface area (Å²) in [5.41, 5.74) is 7.33. The lowest BCUT2D eigenvalue weighted by Gasteiger charge is -2.37. The molecule has 1 aliphatic rings. The van der Waals surface area contributed by atoms with Crippen molar-refractivity contribution < 1.29 is 0 Å². The van der Waals surface area contributed by atoms with Crippen LogP contribution < -0.4 is 5.73 Å². The summed E-state index contributed by atoms with van der Waals surface area (Å²) in [5.74, 6) is 0. The number of nitrogens with two attached hydrogens (primary N) is 1. The third-order valence-electron chi connectivity index (χ3n) is 3.56. The second kappa shape index (κ2) is 6.38. The van der Waals surface area contributed by atoms with Crippen molar-refractivity contribution in [1.29, 1.82) is 0 Å². The van der Waals surface area contributed by atoms with E-state index in [1.807, 2.05) is 17.9 Å². The number of aromatic nitrogens is 2. The summed E-state index contributed by atoms with van der Waals surface area (Å²) < 4.78 is 1.95. The number of piperidine rings is 1. The van der Waals surface area contributed by atoms with Crippen molar-refractivity contribution in [2.45, 2.75) is 44.8 Å². The van der Waals surface area contributed by atoms with E-state index >= 15 is 0 Å². The zero-order valence-corrected chi connectivity index (χ0v) is 11.5. The number of hydrogen-bond acceptors (Lipinski definition) is 3. The summed E-state index contributed by atoms with van der Waals surface area (Å²) in [6, 6.07) is 2.88. The van der Waals surface area contributed by atoms with Crippen molar-refractivity contribution in [2.75, 3.05) is 6.54 Å². The standard InChI is InChI=1S/C12H22N4.ClH/c1-10(13)12-5-3-4-8-16(12)9-11-6-7-14-15(11)2;/h6-7,10,12H,3-5,8-9,13H2,1-2H3;1H. The predicted molar refractivity (Wildman–Crippen MR) is 72.2 cm³/mol. The number of halogens is 1. The van der Waals surface area contributed by atoms with Crippen molar-refractivity contribution in [3.63, 3.8) is 0 Å². The molecule has 0 aliphatic carbocycles. The van der Waals surface area contributed by atoms with Crippen LogP contribution in [0, 0.1) is 0 Å². The molecule has 0 spiro atoms. The van der Waals surface area contributed by atoms with Crippen molar-refractivity contribution in [3.8, 4) is 0 Å². The van der Waals surface area contributed by atoms with Crippen LogP contribution in [0.2, 0.25) is 0 Å². The minimum Gasteiger partial charge on any atom is -0.327 e. The van der Waals surface area contributed by atoms with Gasteiger partial charge in [0.15, 0.2) is 0 Å². The van der Waals surface area contributed by atoms with Gasteiger partial charge in [0, 0.05) is 31.9 Å². The molecule has 2 N–H and O–H groups in total. The van der Waals surface area contributed by atoms with Crippen LogP contribution in [0.4, 0.5) is 0 Å². The topological polar surface area (TPSA) is 47.1 Å². The van der Waals surface area contributed by atoms with E-state index in [-0.39, 0.29) is 18.4 Å². The average Bonchev–Trinajstić information content (AvgIpc) is 2.65. The summed E-state index contributed by atoms with van der Waals surface area (Å²) in [6.07, 6.45) is 5.70. The second-order valence-corrected chi connectivity index (χ2v) is 4.84. The molecule has 2 unspecified atom stereocenters. The van der Waals surface area contributed by atoms with Crippen molar-refractivity contribution in [1.82, 2.24) is 14.7 Å². The summed E-state index contributed by atoms with van der Waals surface area (Å²) >= 11 is 0. The number of likely N-dealkylation sites (tertiary alicyclic amines) is 1. The highest BCUT2D eigenvalue weighted by Crippen LogP contribution is 2.21. The predicted octanol–water partition coefficient (Wildman–Crippen LogP) is 1.54. The van der Waals surface area contributed by atoms with E-state index in [1.54, 1.807) is 0 Å². The van der Waals surface area contributed by atoms with E-state index in [4.69, 9.17) is 5.73 Å². The maximum atomic E-state index is 6.06. The molecule has 2 heterocycles. The van der Waals surface area contributed by atoms with Gasteiger partial charge in [-0.25, -0.2) is 0 Å². The minimum atomic E-state index is 0. The normalized spacial score (nSPS) is 23.1. The molecule has 0 bridgehead atoms. The molecular weight excluding hydrogens is 236 g/mol. The van der Waals surface area contributed by atoms with E-state index < -0.39 is 0 Å². The SMILES string of the molecule is CC(N)C1CCCCN1Cc1ccnn1C.Cl. The van der Waals surface area contributed by atoms with Crippen LogP contribution in [-0.2, 0) is 13.6 Å². The smallest absolute Gasteiger partial charge is 0.0521 e. The lowest BCUT2D eigenvalue weighted by molar-refractivity contribution is 0.120. The molecule has 0 radical (unpaired) electrons. The summed E-state index contributed by atoms with van der Waals surface area (Å²) in [4.78, 5) is 2.51. The molecule has 1 saturated heterocycles. The van der Waals surface area contributed by atoms with Crippen LogP contribution in [0.5, 0.6) is 0 Å².